The van der Waals surface area contributed by atoms with Crippen LogP contribution in [-0.4, -0.2) is 75.7 Å². The first-order valence-electron chi connectivity index (χ1n) is 13.6. The minimum absolute atomic E-state index is 0.0158. The Morgan fingerprint density at radius 1 is 0.690 bits per heavy atom. The van der Waals surface area contributed by atoms with E-state index in [0.29, 0.717) is 24.9 Å². The summed E-state index contributed by atoms with van der Waals surface area (Å²) in [7, 11) is 0. The van der Waals surface area contributed by atoms with Gasteiger partial charge in [0.2, 0.25) is 17.7 Å². The fourth-order valence-electron chi connectivity index (χ4n) is 4.15. The van der Waals surface area contributed by atoms with Gasteiger partial charge in [-0.25, -0.2) is 4.79 Å². The molecule has 4 atom stereocenters. The molecular weight excluding hydrogens is 546 g/mol. The molecule has 0 saturated carbocycles. The minimum Gasteiger partial charge on any atom is -0.508 e. The molecule has 0 heterocycles. The Hall–Kier alpha value is -4.49. The number of nitrogens with two attached hydrogens (primary N) is 2. The lowest BCUT2D eigenvalue weighted by atomic mass is 10.0. The van der Waals surface area contributed by atoms with Gasteiger partial charge in [-0.3, -0.25) is 19.2 Å². The summed E-state index contributed by atoms with van der Waals surface area (Å²) < 4.78 is 0. The molecule has 10 N–H and O–H groups in total. The van der Waals surface area contributed by atoms with Gasteiger partial charge in [0, 0.05) is 12.8 Å². The Morgan fingerprint density at radius 2 is 1.26 bits per heavy atom. The number of nitrogens with one attached hydrogen (secondary N) is 3. The first kappa shape index (κ1) is 33.7. The molecule has 0 aliphatic rings. The van der Waals surface area contributed by atoms with Crippen LogP contribution in [0.1, 0.15) is 43.2 Å². The van der Waals surface area contributed by atoms with Gasteiger partial charge < -0.3 is 42.7 Å². The highest BCUT2D eigenvalue weighted by Crippen LogP contribution is 2.13. The van der Waals surface area contributed by atoms with Gasteiger partial charge in [-0.05, 0) is 61.9 Å². The summed E-state index contributed by atoms with van der Waals surface area (Å²) in [6.45, 7) is 0.370. The second-order valence-electron chi connectivity index (χ2n) is 9.91. The van der Waals surface area contributed by atoms with Crippen molar-refractivity contribution in [3.8, 4) is 5.75 Å². The maximum Gasteiger partial charge on any atom is 0.326 e. The SMILES string of the molecule is NCCCCC(NC(=O)C(N)Cc1ccccc1)C(=O)NC(Cc1ccc(O)cc1)C(=O)NC(CCC(=O)O)C(=O)O. The summed E-state index contributed by atoms with van der Waals surface area (Å²) in [6.07, 6.45) is 0.572. The molecule has 0 aliphatic carbocycles. The summed E-state index contributed by atoms with van der Waals surface area (Å²) in [4.78, 5) is 62.2. The van der Waals surface area contributed by atoms with Gasteiger partial charge in [0.05, 0.1) is 6.04 Å². The van der Waals surface area contributed by atoms with Crippen LogP contribution in [0, 0.1) is 0 Å². The van der Waals surface area contributed by atoms with E-state index < -0.39 is 60.2 Å². The Balaban J connectivity index is 2.23. The van der Waals surface area contributed by atoms with E-state index in [4.69, 9.17) is 16.6 Å². The molecule has 13 nitrogen and oxygen atoms in total. The summed E-state index contributed by atoms with van der Waals surface area (Å²) in [5.74, 6) is -4.79. The molecule has 228 valence electrons. The number of phenols is 1. The van der Waals surface area contributed by atoms with E-state index in [2.05, 4.69) is 16.0 Å². The Labute approximate surface area is 243 Å². The molecule has 13 heteroatoms. The number of carboxylic acid groups (broad SMARTS) is 2. The van der Waals surface area contributed by atoms with Crippen LogP contribution < -0.4 is 27.4 Å². The lowest BCUT2D eigenvalue weighted by Gasteiger charge is -2.25. The van der Waals surface area contributed by atoms with Gasteiger partial charge >= 0.3 is 11.9 Å². The number of phenolic OH excluding ortho intramolecular Hbond substituents is 1. The second kappa shape index (κ2) is 17.4. The van der Waals surface area contributed by atoms with Gasteiger partial charge in [0.1, 0.15) is 23.9 Å². The van der Waals surface area contributed by atoms with Crippen LogP contribution in [0.25, 0.3) is 0 Å². The molecule has 0 radical (unpaired) electrons. The first-order valence-corrected chi connectivity index (χ1v) is 13.6. The molecule has 0 saturated heterocycles. The molecule has 2 aromatic rings. The van der Waals surface area contributed by atoms with Gasteiger partial charge in [-0.15, -0.1) is 0 Å². The summed E-state index contributed by atoms with van der Waals surface area (Å²) in [5, 5.41) is 35.6. The molecule has 2 rings (SSSR count). The average molecular weight is 586 g/mol. The number of carbonyl (C=O) groups excluding carboxylic acids is 3. The van der Waals surface area contributed by atoms with E-state index in [1.165, 1.54) is 24.3 Å². The van der Waals surface area contributed by atoms with Crippen LogP contribution >= 0.6 is 0 Å². The maximum absolute atomic E-state index is 13.4. The van der Waals surface area contributed by atoms with Gasteiger partial charge in [0.25, 0.3) is 0 Å². The number of aromatic hydroxyl groups is 1. The van der Waals surface area contributed by atoms with Crippen LogP contribution in [0.3, 0.4) is 0 Å². The third-order valence-electron chi connectivity index (χ3n) is 6.49. The van der Waals surface area contributed by atoms with Crippen LogP contribution in [-0.2, 0) is 36.8 Å². The summed E-state index contributed by atoms with van der Waals surface area (Å²) >= 11 is 0. The second-order valence-corrected chi connectivity index (χ2v) is 9.91. The largest absolute Gasteiger partial charge is 0.508 e. The number of carbonyl (C=O) groups is 5. The molecule has 0 fully saturated rings. The fraction of sp³-hybridized carbons (Fsp3) is 0.414. The zero-order valence-electron chi connectivity index (χ0n) is 23.2. The van der Waals surface area contributed by atoms with Crippen molar-refractivity contribution in [1.29, 1.82) is 0 Å². The van der Waals surface area contributed by atoms with Crippen molar-refractivity contribution in [3.63, 3.8) is 0 Å². The van der Waals surface area contributed by atoms with E-state index in [9.17, 15) is 34.2 Å². The normalized spacial score (nSPS) is 13.7. The van der Waals surface area contributed by atoms with Crippen molar-refractivity contribution in [2.45, 2.75) is 69.1 Å². The molecular formula is C29H39N5O8. The highest BCUT2D eigenvalue weighted by atomic mass is 16.4. The summed E-state index contributed by atoms with van der Waals surface area (Å²) in [6, 6.07) is 10.2. The smallest absolute Gasteiger partial charge is 0.326 e. The summed E-state index contributed by atoms with van der Waals surface area (Å²) in [5.41, 5.74) is 13.1. The Kier molecular flexibility index (Phi) is 13.9. The Bertz CT molecular complexity index is 1190. The number of unbranched alkanes of at least 4 members (excludes halogenated alkanes) is 1. The zero-order chi connectivity index (χ0) is 31.1. The predicted octanol–water partition coefficient (Wildman–Crippen LogP) is 0.0375. The highest BCUT2D eigenvalue weighted by Gasteiger charge is 2.30. The first-order chi connectivity index (χ1) is 20.0. The fourth-order valence-corrected chi connectivity index (χ4v) is 4.15. The van der Waals surface area contributed by atoms with E-state index in [1.807, 2.05) is 30.3 Å². The van der Waals surface area contributed by atoms with E-state index in [1.54, 1.807) is 0 Å². The lowest BCUT2D eigenvalue weighted by molar-refractivity contribution is -0.143. The van der Waals surface area contributed by atoms with E-state index >= 15 is 0 Å². The van der Waals surface area contributed by atoms with Gasteiger partial charge in [-0.1, -0.05) is 42.5 Å². The molecule has 42 heavy (non-hydrogen) atoms. The standard InChI is InChI=1S/C29H39N5O8/c30-15-5-4-8-22(32-26(38)21(31)16-18-6-2-1-3-7-18)27(39)34-24(17-19-9-11-20(35)12-10-19)28(40)33-23(29(41)42)13-14-25(36)37/h1-3,6-7,9-12,21-24,35H,4-5,8,13-17,30-31H2,(H,32,38)(H,33,40)(H,34,39)(H,36,37)(H,41,42). The topological polar surface area (TPSA) is 234 Å². The molecule has 0 aromatic heterocycles. The number of carboxylic acids is 2. The molecule has 2 aromatic carbocycles. The van der Waals surface area contributed by atoms with Crippen molar-refractivity contribution in [1.82, 2.24) is 16.0 Å². The van der Waals surface area contributed by atoms with Crippen LogP contribution in [0.2, 0.25) is 0 Å². The van der Waals surface area contributed by atoms with Crippen LogP contribution in [0.15, 0.2) is 54.6 Å². The zero-order valence-corrected chi connectivity index (χ0v) is 23.2. The van der Waals surface area contributed by atoms with Crippen molar-refractivity contribution >= 4 is 29.7 Å². The predicted molar refractivity (Wildman–Crippen MR) is 153 cm³/mol. The molecule has 0 bridgehead atoms. The molecule has 0 aliphatic heterocycles. The molecule has 4 unspecified atom stereocenters. The Morgan fingerprint density at radius 3 is 1.86 bits per heavy atom. The third-order valence-corrected chi connectivity index (χ3v) is 6.49. The average Bonchev–Trinajstić information content (AvgIpc) is 2.95. The van der Waals surface area contributed by atoms with Crippen molar-refractivity contribution in [2.75, 3.05) is 6.54 Å². The third kappa shape index (κ3) is 11.9. The van der Waals surface area contributed by atoms with Crippen molar-refractivity contribution < 1.29 is 39.3 Å². The quantitative estimate of drug-likeness (QED) is 0.109. The van der Waals surface area contributed by atoms with Crippen LogP contribution in [0.5, 0.6) is 5.75 Å². The number of benzene rings is 2. The number of rotatable bonds is 18. The number of hydrogen-bond donors (Lipinski definition) is 8. The number of amides is 3. The van der Waals surface area contributed by atoms with Gasteiger partial charge in [-0.2, -0.15) is 0 Å². The maximum atomic E-state index is 13.4. The van der Waals surface area contributed by atoms with E-state index in [0.717, 1.165) is 5.56 Å². The van der Waals surface area contributed by atoms with Crippen molar-refractivity contribution in [2.24, 2.45) is 11.5 Å². The number of hydrogen-bond acceptors (Lipinski definition) is 8. The van der Waals surface area contributed by atoms with Crippen LogP contribution in [0.4, 0.5) is 0 Å². The monoisotopic (exact) mass is 585 g/mol. The lowest BCUT2D eigenvalue weighted by Crippen LogP contribution is -2.57. The van der Waals surface area contributed by atoms with Gasteiger partial charge in [0.15, 0.2) is 0 Å². The highest BCUT2D eigenvalue weighted by molar-refractivity contribution is 5.94. The minimum atomic E-state index is -1.51. The molecule has 3 amide bonds. The van der Waals surface area contributed by atoms with Crippen molar-refractivity contribution in [3.05, 3.63) is 65.7 Å². The molecule has 0 spiro atoms. The van der Waals surface area contributed by atoms with E-state index in [-0.39, 0.29) is 31.4 Å². The number of aliphatic carboxylic acids is 2.